The van der Waals surface area contributed by atoms with E-state index in [0.717, 1.165) is 11.3 Å². The first-order chi connectivity index (χ1) is 34.1. The SMILES string of the molecule is [B]OC(=O)[C@H](C)O/N=C(\C(=O)N[C@@H]1C(=O)N2C(C(=O)OCc3ccc(OC)cc3)=C(C[n+]3ccc(N(CCN(C)C(=O)OC(C)(C)C)C(=O)OC(C)(C)C)cc3)CS[C@H]12)c1nc(NC(=O)OC(C)(C)C)sc1Cl. The standard InChI is InChI=1S/C47H58BClN8O14S2/c1-26(39(60)70-48)71-53-32(31-35(49)73-41(51-31)52-42(62)67-45(2,3)4)36(58)50-33-37(59)57-34(40(61)66-24-27-13-15-30(65-12)16-14-27)28(25-72-38(33)57)23-55-19-17-29(18-20-55)56(44(64)69-47(8,9)10)22-21-54(11)43(63)68-46(5,6)7/h13-20,26,33,38H,21-25H2,1-12H3,(H-,50,51,52,58,62)/p+1/b53-32-/t26-,33+,38+/m0/s1. The van der Waals surface area contributed by atoms with Crippen LogP contribution in [0.15, 0.2) is 65.2 Å². The summed E-state index contributed by atoms with van der Waals surface area (Å²) in [6.07, 6.45) is -0.112. The highest BCUT2D eigenvalue weighted by Gasteiger charge is 2.55. The second-order valence-electron chi connectivity index (χ2n) is 19.4. The van der Waals surface area contributed by atoms with E-state index >= 15 is 0 Å². The Morgan fingerprint density at radius 3 is 2.14 bits per heavy atom. The van der Waals surface area contributed by atoms with E-state index in [2.05, 4.69) is 25.4 Å². The van der Waals surface area contributed by atoms with E-state index in [-0.39, 0.29) is 52.9 Å². The summed E-state index contributed by atoms with van der Waals surface area (Å²) in [7, 11) is 8.09. The molecule has 3 atom stereocenters. The molecular weight excluding hydrogens is 1010 g/mol. The van der Waals surface area contributed by atoms with E-state index in [1.807, 2.05) is 0 Å². The molecule has 1 aromatic carbocycles. The van der Waals surface area contributed by atoms with Crippen LogP contribution in [0, 0.1) is 0 Å². The Morgan fingerprint density at radius 1 is 0.932 bits per heavy atom. The number of β-lactam (4-membered cyclic amide) rings is 1. The minimum atomic E-state index is -1.41. The topological polar surface area (TPSA) is 247 Å². The third kappa shape index (κ3) is 15.9. The van der Waals surface area contributed by atoms with Crippen molar-refractivity contribution in [2.45, 2.75) is 117 Å². The number of likely N-dealkylation sites (N-methyl/N-ethyl adjacent to an activating group) is 1. The maximum absolute atomic E-state index is 14.3. The molecule has 0 aliphatic carbocycles. The first kappa shape index (κ1) is 57.3. The Kier molecular flexibility index (Phi) is 18.8. The molecule has 26 heteroatoms. The van der Waals surface area contributed by atoms with Crippen LogP contribution < -0.4 is 24.8 Å². The lowest BCUT2D eigenvalue weighted by atomic mass is 10.0. The molecule has 392 valence electrons. The van der Waals surface area contributed by atoms with Gasteiger partial charge < -0.3 is 43.4 Å². The fraction of sp³-hybridized carbons (Fsp3) is 0.489. The third-order valence-corrected chi connectivity index (χ3v) is 12.5. The van der Waals surface area contributed by atoms with Crippen molar-refractivity contribution in [2.75, 3.05) is 43.2 Å². The zero-order valence-corrected chi connectivity index (χ0v) is 44.9. The number of benzene rings is 1. The van der Waals surface area contributed by atoms with Crippen molar-refractivity contribution in [2.24, 2.45) is 5.16 Å². The Morgan fingerprint density at radius 2 is 1.55 bits per heavy atom. The summed E-state index contributed by atoms with van der Waals surface area (Å²) >= 11 is 8.54. The quantitative estimate of drug-likeness (QED) is 0.0305. The molecule has 3 aromatic rings. The molecule has 4 heterocycles. The molecule has 73 heavy (non-hydrogen) atoms. The summed E-state index contributed by atoms with van der Waals surface area (Å²) in [6, 6.07) is 8.98. The number of rotatable bonds is 17. The van der Waals surface area contributed by atoms with Crippen LogP contribution in [0.25, 0.3) is 0 Å². The predicted octanol–water partition coefficient (Wildman–Crippen LogP) is 5.88. The van der Waals surface area contributed by atoms with Crippen LogP contribution in [-0.2, 0) is 60.8 Å². The average molecular weight is 1070 g/mol. The number of halogens is 1. The minimum Gasteiger partial charge on any atom is -0.541 e. The van der Waals surface area contributed by atoms with Crippen LogP contribution in [0.5, 0.6) is 5.75 Å². The van der Waals surface area contributed by atoms with Gasteiger partial charge in [-0.05, 0) is 86.9 Å². The number of nitrogens with zero attached hydrogens (tertiary/aromatic N) is 6. The first-order valence-corrected chi connectivity index (χ1v) is 24.8. The molecular formula is C47H59BClN8O14S2+. The van der Waals surface area contributed by atoms with E-state index in [1.165, 1.54) is 40.5 Å². The molecule has 5 amide bonds. The molecule has 2 radical (unpaired) electrons. The minimum absolute atomic E-state index is 0.0448. The Hall–Kier alpha value is -6.60. The van der Waals surface area contributed by atoms with Gasteiger partial charge in [-0.2, -0.15) is 0 Å². The van der Waals surface area contributed by atoms with Gasteiger partial charge in [0.05, 0.1) is 12.8 Å². The van der Waals surface area contributed by atoms with Crippen LogP contribution >= 0.6 is 34.7 Å². The van der Waals surface area contributed by atoms with Crippen LogP contribution in [-0.4, -0.2) is 138 Å². The van der Waals surface area contributed by atoms with Crippen molar-refractivity contribution in [1.82, 2.24) is 20.1 Å². The highest BCUT2D eigenvalue weighted by molar-refractivity contribution is 8.00. The number of pyridine rings is 1. The molecule has 5 rings (SSSR count). The van der Waals surface area contributed by atoms with Gasteiger partial charge in [-0.25, -0.2) is 33.5 Å². The number of fused-ring (bicyclic) bond motifs is 1. The van der Waals surface area contributed by atoms with Crippen molar-refractivity contribution < 1.29 is 71.3 Å². The average Bonchev–Trinajstić information content (AvgIpc) is 3.66. The maximum Gasteiger partial charge on any atom is 0.414 e. The fourth-order valence-electron chi connectivity index (χ4n) is 6.58. The summed E-state index contributed by atoms with van der Waals surface area (Å²) in [4.78, 5) is 107. The van der Waals surface area contributed by atoms with Crippen molar-refractivity contribution in [3.05, 3.63) is 75.7 Å². The van der Waals surface area contributed by atoms with Crippen LogP contribution in [0.4, 0.5) is 25.2 Å². The number of carbonyl (C=O) groups is 7. The van der Waals surface area contributed by atoms with E-state index in [1.54, 1.807) is 123 Å². The van der Waals surface area contributed by atoms with Crippen molar-refractivity contribution >= 4 is 101 Å². The van der Waals surface area contributed by atoms with E-state index in [9.17, 15) is 33.6 Å². The zero-order chi connectivity index (χ0) is 54.2. The normalized spacial score (nSPS) is 16.2. The van der Waals surface area contributed by atoms with Gasteiger partial charge in [0.15, 0.2) is 29.8 Å². The van der Waals surface area contributed by atoms with Gasteiger partial charge in [0.25, 0.3) is 11.8 Å². The monoisotopic (exact) mass is 1070 g/mol. The molecule has 2 N–H and O–H groups in total. The number of ether oxygens (including phenoxy) is 5. The number of amides is 5. The predicted molar refractivity (Wildman–Crippen MR) is 270 cm³/mol. The fourth-order valence-corrected chi connectivity index (χ4v) is 8.94. The summed E-state index contributed by atoms with van der Waals surface area (Å²) in [6.45, 7) is 16.8. The van der Waals surface area contributed by atoms with Gasteiger partial charge in [-0.3, -0.25) is 24.7 Å². The maximum atomic E-state index is 14.3. The van der Waals surface area contributed by atoms with Crippen molar-refractivity contribution in [3.63, 3.8) is 0 Å². The summed E-state index contributed by atoms with van der Waals surface area (Å²) in [5.74, 6) is -2.76. The van der Waals surface area contributed by atoms with Gasteiger partial charge in [0.2, 0.25) is 6.10 Å². The lowest BCUT2D eigenvalue weighted by Gasteiger charge is -2.49. The molecule has 22 nitrogen and oxygen atoms in total. The number of thiazole rings is 1. The second-order valence-corrected chi connectivity index (χ2v) is 22.1. The van der Waals surface area contributed by atoms with Gasteiger partial charge in [0, 0.05) is 43.6 Å². The first-order valence-electron chi connectivity index (χ1n) is 22.6. The number of carbonyl (C=O) groups excluding carboxylic acids is 7. The molecule has 1 saturated heterocycles. The van der Waals surface area contributed by atoms with Crippen LogP contribution in [0.3, 0.4) is 0 Å². The highest BCUT2D eigenvalue weighted by atomic mass is 35.5. The van der Waals surface area contributed by atoms with Gasteiger partial charge >= 0.3 is 38.3 Å². The van der Waals surface area contributed by atoms with E-state index in [4.69, 9.17) is 48.2 Å². The number of esters is 1. The molecule has 0 saturated carbocycles. The number of methoxy groups -OCH3 is 1. The summed E-state index contributed by atoms with van der Waals surface area (Å²) < 4.78 is 33.4. The Balaban J connectivity index is 1.43. The number of oxime groups is 1. The second kappa shape index (κ2) is 24.0. The van der Waals surface area contributed by atoms with Gasteiger partial charge in [-0.15, -0.1) is 11.8 Å². The lowest BCUT2D eigenvalue weighted by molar-refractivity contribution is -0.689. The van der Waals surface area contributed by atoms with Gasteiger partial charge in [0.1, 0.15) is 56.3 Å². The molecule has 2 aliphatic rings. The summed E-state index contributed by atoms with van der Waals surface area (Å²) in [5, 5.41) is 8.01. The summed E-state index contributed by atoms with van der Waals surface area (Å²) in [5.41, 5.74) is -1.73. The number of hydrogen-bond donors (Lipinski definition) is 2. The smallest absolute Gasteiger partial charge is 0.414 e. The Bertz CT molecular complexity index is 2610. The molecule has 0 unspecified atom stereocenters. The number of aromatic nitrogens is 2. The number of thioether (sulfide) groups is 1. The van der Waals surface area contributed by atoms with Crippen molar-refractivity contribution in [3.8, 4) is 5.75 Å². The molecule has 2 aliphatic heterocycles. The van der Waals surface area contributed by atoms with E-state index in [0.29, 0.717) is 22.6 Å². The highest BCUT2D eigenvalue weighted by Crippen LogP contribution is 2.41. The lowest BCUT2D eigenvalue weighted by Crippen LogP contribution is -2.71. The van der Waals surface area contributed by atoms with Crippen LogP contribution in [0.2, 0.25) is 4.34 Å². The van der Waals surface area contributed by atoms with Gasteiger partial charge in [-0.1, -0.05) is 40.2 Å². The van der Waals surface area contributed by atoms with Crippen molar-refractivity contribution in [1.29, 1.82) is 0 Å². The molecule has 1 fully saturated rings. The number of anilines is 2. The molecule has 0 bridgehead atoms. The number of nitrogens with one attached hydrogen (secondary N) is 2. The van der Waals surface area contributed by atoms with Crippen LogP contribution in [0.1, 0.15) is 80.5 Å². The Labute approximate surface area is 437 Å². The largest absolute Gasteiger partial charge is 0.541 e. The van der Waals surface area contributed by atoms with E-state index < -0.39 is 82.1 Å². The molecule has 2 aromatic heterocycles. The molecule has 0 spiro atoms. The third-order valence-electron chi connectivity index (χ3n) is 9.98. The number of hydrogen-bond acceptors (Lipinski definition) is 18. The zero-order valence-electron chi connectivity index (χ0n) is 42.6.